The largest absolute Gasteiger partial charge is 0.502 e. The zero-order valence-electron chi connectivity index (χ0n) is 36.4. The van der Waals surface area contributed by atoms with Gasteiger partial charge in [0.05, 0.1) is 81.3 Å². The molecular formula is C44H54O21. The second-order valence-electron chi connectivity index (χ2n) is 15.8. The van der Waals surface area contributed by atoms with Gasteiger partial charge in [-0.2, -0.15) is 0 Å². The number of methoxy groups -OCH3 is 6. The smallest absolute Gasteiger partial charge is 0.330 e. The number of hydrogen-bond donors (Lipinski definition) is 7. The minimum absolute atomic E-state index is 0.00374. The summed E-state index contributed by atoms with van der Waals surface area (Å²) in [7, 11) is 8.40. The van der Waals surface area contributed by atoms with Crippen LogP contribution in [0, 0.1) is 11.8 Å². The minimum Gasteiger partial charge on any atom is -0.502 e. The summed E-state index contributed by atoms with van der Waals surface area (Å²) in [5.74, 6) is -0.366. The Morgan fingerprint density at radius 1 is 0.677 bits per heavy atom. The maximum absolute atomic E-state index is 12.5. The fourth-order valence-corrected chi connectivity index (χ4v) is 8.29. The number of esters is 1. The lowest BCUT2D eigenvalue weighted by Crippen LogP contribution is -2.60. The number of rotatable bonds is 17. The summed E-state index contributed by atoms with van der Waals surface area (Å²) in [5, 5.41) is 75.3. The number of benzene rings is 3. The Morgan fingerprint density at radius 2 is 1.17 bits per heavy atom. The molecule has 0 amide bonds. The van der Waals surface area contributed by atoms with Crippen LogP contribution in [0.4, 0.5) is 0 Å². The van der Waals surface area contributed by atoms with Crippen molar-refractivity contribution in [1.82, 2.24) is 0 Å². The molecule has 4 heterocycles. The first-order valence-electron chi connectivity index (χ1n) is 20.4. The Kier molecular flexibility index (Phi) is 14.7. The molecule has 0 bridgehead atoms. The number of phenolic OH excluding ortho intramolecular Hbond substituents is 2. The molecular weight excluding hydrogens is 864 g/mol. The molecule has 4 aliphatic heterocycles. The second kappa shape index (κ2) is 20.0. The molecule has 356 valence electrons. The van der Waals surface area contributed by atoms with Gasteiger partial charge in [-0.1, -0.05) is 0 Å². The molecule has 0 saturated carbocycles. The van der Waals surface area contributed by atoms with E-state index in [0.29, 0.717) is 24.3 Å². The van der Waals surface area contributed by atoms with Crippen molar-refractivity contribution in [2.24, 2.45) is 11.8 Å². The summed E-state index contributed by atoms with van der Waals surface area (Å²) in [5.41, 5.74) is -0.245. The first kappa shape index (κ1) is 47.6. The van der Waals surface area contributed by atoms with Crippen molar-refractivity contribution in [3.05, 3.63) is 59.2 Å². The van der Waals surface area contributed by atoms with Gasteiger partial charge in [0.25, 0.3) is 0 Å². The van der Waals surface area contributed by atoms with Gasteiger partial charge in [-0.05, 0) is 59.2 Å². The molecule has 21 heteroatoms. The minimum atomic E-state index is -2.10. The van der Waals surface area contributed by atoms with Gasteiger partial charge in [0.15, 0.2) is 46.4 Å². The predicted octanol–water partition coefficient (Wildman–Crippen LogP) is 1.13. The number of phenols is 2. The molecule has 4 saturated heterocycles. The number of hydrogen-bond acceptors (Lipinski definition) is 21. The summed E-state index contributed by atoms with van der Waals surface area (Å²) in [6, 6.07) is 9.69. The highest BCUT2D eigenvalue weighted by Crippen LogP contribution is 2.54. The molecule has 0 unspecified atom stereocenters. The highest BCUT2D eigenvalue weighted by Gasteiger charge is 2.52. The van der Waals surface area contributed by atoms with E-state index >= 15 is 0 Å². The van der Waals surface area contributed by atoms with E-state index < -0.39 is 80.6 Å². The summed E-state index contributed by atoms with van der Waals surface area (Å²) >= 11 is 0. The fourth-order valence-electron chi connectivity index (χ4n) is 8.29. The third kappa shape index (κ3) is 9.52. The van der Waals surface area contributed by atoms with E-state index in [9.17, 15) is 40.5 Å². The SMILES string of the molecule is COc1cc(C=CC(=O)OC[C@@]2(O)CO[C@@H](OC[C@H]3O[C@@H](Oc4c(OC)cc([C@H]5OC[C@H]6[C@@H]5CO[C@@H]6c5cc(OC)c(O)c(OC)c5)cc4OC)[C@H](O)[C@@H](O)[C@@H]3O)[C@@H]2O)cc(OC)c1O. The number of fused-ring (bicyclic) bond motifs is 1. The van der Waals surface area contributed by atoms with Gasteiger partial charge >= 0.3 is 5.97 Å². The third-order valence-corrected chi connectivity index (χ3v) is 11.9. The van der Waals surface area contributed by atoms with Crippen molar-refractivity contribution >= 4 is 12.0 Å². The number of aliphatic hydroxyl groups is 5. The quantitative estimate of drug-likeness (QED) is 0.0738. The van der Waals surface area contributed by atoms with Crippen molar-refractivity contribution < 1.29 is 102 Å². The van der Waals surface area contributed by atoms with Gasteiger partial charge in [-0.3, -0.25) is 0 Å². The van der Waals surface area contributed by atoms with Crippen LogP contribution in [0.3, 0.4) is 0 Å². The van der Waals surface area contributed by atoms with E-state index in [2.05, 4.69) is 0 Å². The van der Waals surface area contributed by atoms with Crippen molar-refractivity contribution in [1.29, 1.82) is 0 Å². The molecule has 21 nitrogen and oxygen atoms in total. The van der Waals surface area contributed by atoms with E-state index in [-0.39, 0.29) is 69.7 Å². The lowest BCUT2D eigenvalue weighted by atomic mass is 9.84. The summed E-state index contributed by atoms with van der Waals surface area (Å²) in [6.07, 6.45) is -9.94. The molecule has 4 aliphatic rings. The third-order valence-electron chi connectivity index (χ3n) is 11.9. The first-order chi connectivity index (χ1) is 31.2. The van der Waals surface area contributed by atoms with Gasteiger partial charge in [-0.25, -0.2) is 4.79 Å². The average Bonchev–Trinajstić information content (AvgIpc) is 4.01. The second-order valence-corrected chi connectivity index (χ2v) is 15.8. The van der Waals surface area contributed by atoms with E-state index in [1.807, 2.05) is 0 Å². The highest BCUT2D eigenvalue weighted by atomic mass is 16.7. The van der Waals surface area contributed by atoms with Crippen molar-refractivity contribution in [3.8, 4) is 51.7 Å². The van der Waals surface area contributed by atoms with Gasteiger partial charge in [-0.15, -0.1) is 0 Å². The molecule has 7 N–H and O–H groups in total. The van der Waals surface area contributed by atoms with Crippen molar-refractivity contribution in [3.63, 3.8) is 0 Å². The maximum atomic E-state index is 12.5. The fraction of sp³-hybridized carbons (Fsp3) is 0.523. The number of aromatic hydroxyl groups is 2. The molecule has 3 aromatic carbocycles. The van der Waals surface area contributed by atoms with Crippen LogP contribution in [0.5, 0.6) is 51.7 Å². The van der Waals surface area contributed by atoms with E-state index in [1.165, 1.54) is 60.9 Å². The Bertz CT molecular complexity index is 2110. The van der Waals surface area contributed by atoms with Gasteiger partial charge in [0.2, 0.25) is 23.5 Å². The molecule has 0 aromatic heterocycles. The molecule has 4 fully saturated rings. The Hall–Kier alpha value is -5.33. The van der Waals surface area contributed by atoms with Crippen LogP contribution >= 0.6 is 0 Å². The number of ether oxygens (including phenoxy) is 13. The van der Waals surface area contributed by atoms with Crippen LogP contribution < -0.4 is 33.2 Å². The molecule has 12 atom stereocenters. The van der Waals surface area contributed by atoms with Crippen LogP contribution in [0.25, 0.3) is 6.08 Å². The molecule has 0 radical (unpaired) electrons. The van der Waals surface area contributed by atoms with Crippen molar-refractivity contribution in [2.75, 3.05) is 75.7 Å². The van der Waals surface area contributed by atoms with E-state index in [1.54, 1.807) is 24.3 Å². The molecule has 3 aromatic rings. The zero-order chi connectivity index (χ0) is 46.7. The number of carbonyl (C=O) groups is 1. The average molecular weight is 919 g/mol. The van der Waals surface area contributed by atoms with E-state index in [0.717, 1.165) is 11.6 Å². The van der Waals surface area contributed by atoms with Crippen molar-refractivity contribution in [2.45, 2.75) is 60.9 Å². The summed E-state index contributed by atoms with van der Waals surface area (Å²) in [4.78, 5) is 12.5. The maximum Gasteiger partial charge on any atom is 0.330 e. The molecule has 65 heavy (non-hydrogen) atoms. The van der Waals surface area contributed by atoms with Gasteiger partial charge in [0.1, 0.15) is 37.1 Å². The van der Waals surface area contributed by atoms with Crippen LogP contribution in [0.2, 0.25) is 0 Å². The van der Waals surface area contributed by atoms with Crippen LogP contribution in [-0.4, -0.2) is 166 Å². The highest BCUT2D eigenvalue weighted by molar-refractivity contribution is 5.87. The summed E-state index contributed by atoms with van der Waals surface area (Å²) < 4.78 is 73.2. The Balaban J connectivity index is 0.974. The lowest BCUT2D eigenvalue weighted by Gasteiger charge is -2.40. The topological polar surface area (TPSA) is 279 Å². The van der Waals surface area contributed by atoms with Gasteiger partial charge in [0, 0.05) is 17.9 Å². The predicted molar refractivity (Wildman–Crippen MR) is 220 cm³/mol. The normalized spacial score (nSPS) is 30.8. The molecule has 0 spiro atoms. The first-order valence-corrected chi connectivity index (χ1v) is 20.4. The number of carbonyl (C=O) groups excluding carboxylic acids is 1. The van der Waals surface area contributed by atoms with Crippen LogP contribution in [0.1, 0.15) is 28.9 Å². The monoisotopic (exact) mass is 918 g/mol. The zero-order valence-corrected chi connectivity index (χ0v) is 36.4. The van der Waals surface area contributed by atoms with E-state index in [4.69, 9.17) is 61.6 Å². The Morgan fingerprint density at radius 3 is 1.68 bits per heavy atom. The standard InChI is InChI=1S/C44H54O21/c1-53-25-9-20(10-26(54-2)33(25)46)7-8-32(45)62-18-44(52)19-63-43(41(44)51)61-17-31-35(48)36(49)37(50)42(64-31)65-40-29(57-5)13-22(14-30(40)58-6)39-24-16-59-38(23(24)15-60-39)21-11-27(55-3)34(47)28(12-21)56-4/h7-14,23-24,31,35-39,41-43,46-52H,15-19H2,1-6H3/t23-,24-,31+,35+,36-,37+,38+,39+,41-,42-,43+,44+/m0/s1. The van der Waals surface area contributed by atoms with Crippen LogP contribution in [0.15, 0.2) is 42.5 Å². The molecule has 0 aliphatic carbocycles. The molecule has 7 rings (SSSR count). The summed E-state index contributed by atoms with van der Waals surface area (Å²) in [6.45, 7) is -1.04. The number of aliphatic hydroxyl groups excluding tert-OH is 4. The van der Waals surface area contributed by atoms with Crippen LogP contribution in [-0.2, 0) is 33.2 Å². The Labute approximate surface area is 373 Å². The van der Waals surface area contributed by atoms with Gasteiger partial charge < -0.3 is 97.3 Å². The lowest BCUT2D eigenvalue weighted by molar-refractivity contribution is -0.289.